The van der Waals surface area contributed by atoms with Crippen LogP contribution in [0.25, 0.3) is 0 Å². The van der Waals surface area contributed by atoms with Gasteiger partial charge in [-0.25, -0.2) is 0 Å². The van der Waals surface area contributed by atoms with Crippen LogP contribution in [-0.2, 0) is 0 Å². The Hall–Kier alpha value is -0.280. The maximum absolute atomic E-state index is 6.01. The average Bonchev–Trinajstić information content (AvgIpc) is 3.11. The minimum Gasteiger partial charge on any atom is -0.329 e. The molecule has 0 radical (unpaired) electrons. The number of hydrogen-bond acceptors (Lipinski definition) is 2. The Labute approximate surface area is 119 Å². The van der Waals surface area contributed by atoms with Gasteiger partial charge in [0.25, 0.3) is 0 Å². The van der Waals surface area contributed by atoms with Crippen molar-refractivity contribution in [2.24, 2.45) is 11.7 Å². The van der Waals surface area contributed by atoms with Crippen LogP contribution < -0.4 is 11.1 Å². The zero-order chi connectivity index (χ0) is 13.0. The van der Waals surface area contributed by atoms with E-state index in [4.69, 9.17) is 28.9 Å². The van der Waals surface area contributed by atoms with E-state index in [1.54, 1.807) is 6.07 Å². The van der Waals surface area contributed by atoms with E-state index in [0.29, 0.717) is 16.6 Å². The third kappa shape index (κ3) is 4.43. The van der Waals surface area contributed by atoms with Crippen LogP contribution in [0.5, 0.6) is 0 Å². The molecule has 1 aromatic rings. The molecule has 1 atom stereocenters. The predicted octanol–water partition coefficient (Wildman–Crippen LogP) is 3.77. The summed E-state index contributed by atoms with van der Waals surface area (Å²) in [6.07, 6.45) is 5.39. The van der Waals surface area contributed by atoms with Gasteiger partial charge in [0.05, 0.1) is 0 Å². The second-order valence-electron chi connectivity index (χ2n) is 5.03. The van der Waals surface area contributed by atoms with Crippen LogP contribution in [0, 0.1) is 5.92 Å². The van der Waals surface area contributed by atoms with Gasteiger partial charge in [-0.3, -0.25) is 0 Å². The highest BCUT2D eigenvalue weighted by molar-refractivity contribution is 6.34. The van der Waals surface area contributed by atoms with Crippen molar-refractivity contribution in [3.8, 4) is 0 Å². The quantitative estimate of drug-likeness (QED) is 0.749. The summed E-state index contributed by atoms with van der Waals surface area (Å²) in [5, 5.41) is 4.81. The molecular formula is C14H20Cl2N2. The lowest BCUT2D eigenvalue weighted by molar-refractivity contribution is 0.512. The molecule has 0 spiro atoms. The molecule has 1 unspecified atom stereocenters. The fraction of sp³-hybridized carbons (Fsp3) is 0.571. The molecule has 0 saturated heterocycles. The van der Waals surface area contributed by atoms with Gasteiger partial charge in [-0.2, -0.15) is 0 Å². The van der Waals surface area contributed by atoms with Crippen molar-refractivity contribution in [3.05, 3.63) is 33.8 Å². The Morgan fingerprint density at radius 3 is 2.44 bits per heavy atom. The molecule has 3 N–H and O–H groups in total. The lowest BCUT2D eigenvalue weighted by Gasteiger charge is -2.18. The summed E-state index contributed by atoms with van der Waals surface area (Å²) in [6, 6.07) is 5.74. The van der Waals surface area contributed by atoms with Gasteiger partial charge < -0.3 is 11.1 Å². The Morgan fingerprint density at radius 2 is 1.89 bits per heavy atom. The standard InChI is InChI=1S/C14H20Cl2N2/c15-12-6-11(7-13(16)8-12)14(9-17)18-5-1-2-10-3-4-10/h6-8,10,14,18H,1-5,9,17H2. The molecule has 0 amide bonds. The number of nitrogens with one attached hydrogen (secondary N) is 1. The minimum absolute atomic E-state index is 0.139. The zero-order valence-electron chi connectivity index (χ0n) is 10.5. The van der Waals surface area contributed by atoms with Crippen LogP contribution in [0.4, 0.5) is 0 Å². The van der Waals surface area contributed by atoms with Gasteiger partial charge in [0.2, 0.25) is 0 Å². The Bertz CT molecular complexity index is 371. The highest BCUT2D eigenvalue weighted by Crippen LogP contribution is 2.33. The molecule has 2 rings (SSSR count). The molecule has 1 aromatic carbocycles. The molecule has 1 aliphatic carbocycles. The summed E-state index contributed by atoms with van der Waals surface area (Å²) in [5.74, 6) is 0.990. The van der Waals surface area contributed by atoms with Gasteiger partial charge in [-0.1, -0.05) is 36.0 Å². The molecule has 0 aromatic heterocycles. The van der Waals surface area contributed by atoms with Gasteiger partial charge in [0.1, 0.15) is 0 Å². The fourth-order valence-corrected chi connectivity index (χ4v) is 2.73. The van der Waals surface area contributed by atoms with Gasteiger partial charge in [0.15, 0.2) is 0 Å². The van der Waals surface area contributed by atoms with E-state index in [1.807, 2.05) is 12.1 Å². The lowest BCUT2D eigenvalue weighted by atomic mass is 10.1. The van der Waals surface area contributed by atoms with Crippen molar-refractivity contribution in [1.82, 2.24) is 5.32 Å². The van der Waals surface area contributed by atoms with E-state index in [2.05, 4.69) is 5.32 Å². The van der Waals surface area contributed by atoms with Crippen molar-refractivity contribution in [2.45, 2.75) is 31.7 Å². The summed E-state index contributed by atoms with van der Waals surface area (Å²) in [7, 11) is 0. The molecule has 1 saturated carbocycles. The second kappa shape index (κ2) is 6.76. The van der Waals surface area contributed by atoms with Crippen LogP contribution >= 0.6 is 23.2 Å². The van der Waals surface area contributed by atoms with Crippen LogP contribution in [-0.4, -0.2) is 13.1 Å². The zero-order valence-corrected chi connectivity index (χ0v) is 12.0. The minimum atomic E-state index is 0.139. The number of rotatable bonds is 7. The average molecular weight is 287 g/mol. The highest BCUT2D eigenvalue weighted by atomic mass is 35.5. The highest BCUT2D eigenvalue weighted by Gasteiger charge is 2.20. The van der Waals surface area contributed by atoms with Crippen molar-refractivity contribution in [2.75, 3.05) is 13.1 Å². The van der Waals surface area contributed by atoms with E-state index in [-0.39, 0.29) is 6.04 Å². The number of hydrogen-bond donors (Lipinski definition) is 2. The molecular weight excluding hydrogens is 267 g/mol. The van der Waals surface area contributed by atoms with Crippen molar-refractivity contribution < 1.29 is 0 Å². The van der Waals surface area contributed by atoms with E-state index in [0.717, 1.165) is 18.0 Å². The molecule has 0 bridgehead atoms. The number of halogens is 2. The van der Waals surface area contributed by atoms with Gasteiger partial charge >= 0.3 is 0 Å². The monoisotopic (exact) mass is 286 g/mol. The van der Waals surface area contributed by atoms with E-state index in [1.165, 1.54) is 25.7 Å². The van der Waals surface area contributed by atoms with Gasteiger partial charge in [-0.05, 0) is 49.1 Å². The molecule has 100 valence electrons. The summed E-state index contributed by atoms with van der Waals surface area (Å²) in [6.45, 7) is 1.56. The Balaban J connectivity index is 1.85. The van der Waals surface area contributed by atoms with E-state index < -0.39 is 0 Å². The molecule has 18 heavy (non-hydrogen) atoms. The predicted molar refractivity (Wildman–Crippen MR) is 78.2 cm³/mol. The molecule has 2 nitrogen and oxygen atoms in total. The van der Waals surface area contributed by atoms with E-state index in [9.17, 15) is 0 Å². The fourth-order valence-electron chi connectivity index (χ4n) is 2.19. The van der Waals surface area contributed by atoms with Gasteiger partial charge in [-0.15, -0.1) is 0 Å². The van der Waals surface area contributed by atoms with Crippen molar-refractivity contribution in [3.63, 3.8) is 0 Å². The first kappa shape index (κ1) is 14.1. The summed E-state index contributed by atoms with van der Waals surface area (Å²) in [4.78, 5) is 0. The molecule has 0 aliphatic heterocycles. The topological polar surface area (TPSA) is 38.0 Å². The summed E-state index contributed by atoms with van der Waals surface area (Å²) >= 11 is 12.0. The third-order valence-corrected chi connectivity index (χ3v) is 3.84. The maximum atomic E-state index is 6.01. The Kier molecular flexibility index (Phi) is 5.31. The van der Waals surface area contributed by atoms with Crippen LogP contribution in [0.2, 0.25) is 10.0 Å². The SMILES string of the molecule is NCC(NCCCC1CC1)c1cc(Cl)cc(Cl)c1. The second-order valence-corrected chi connectivity index (χ2v) is 5.90. The summed E-state index contributed by atoms with van der Waals surface area (Å²) in [5.41, 5.74) is 6.88. The van der Waals surface area contributed by atoms with Crippen LogP contribution in [0.3, 0.4) is 0 Å². The van der Waals surface area contributed by atoms with Gasteiger partial charge in [0, 0.05) is 22.6 Å². The van der Waals surface area contributed by atoms with Crippen LogP contribution in [0.15, 0.2) is 18.2 Å². The lowest BCUT2D eigenvalue weighted by Crippen LogP contribution is -2.29. The number of nitrogens with two attached hydrogens (primary N) is 1. The largest absolute Gasteiger partial charge is 0.329 e. The Morgan fingerprint density at radius 1 is 1.22 bits per heavy atom. The molecule has 1 aliphatic rings. The molecule has 4 heteroatoms. The number of benzene rings is 1. The van der Waals surface area contributed by atoms with Crippen molar-refractivity contribution in [1.29, 1.82) is 0 Å². The smallest absolute Gasteiger partial charge is 0.0445 e. The molecule has 1 fully saturated rings. The van der Waals surface area contributed by atoms with Crippen molar-refractivity contribution >= 4 is 23.2 Å². The summed E-state index contributed by atoms with van der Waals surface area (Å²) < 4.78 is 0. The first-order chi connectivity index (χ1) is 8.69. The normalized spacial score (nSPS) is 16.8. The molecule has 0 heterocycles. The van der Waals surface area contributed by atoms with E-state index >= 15 is 0 Å². The van der Waals surface area contributed by atoms with Crippen LogP contribution in [0.1, 0.15) is 37.3 Å². The maximum Gasteiger partial charge on any atom is 0.0445 e. The third-order valence-electron chi connectivity index (χ3n) is 3.40. The first-order valence-corrected chi connectivity index (χ1v) is 7.34. The first-order valence-electron chi connectivity index (χ1n) is 6.58.